The number of phenols is 1. The van der Waals surface area contributed by atoms with Gasteiger partial charge in [0.15, 0.2) is 0 Å². The number of aryl methyl sites for hydroxylation is 1. The monoisotopic (exact) mass is 462 g/mol. The number of piperidine rings is 1. The third-order valence-corrected chi connectivity index (χ3v) is 7.85. The van der Waals surface area contributed by atoms with Gasteiger partial charge in [0.1, 0.15) is 22.1 Å². The van der Waals surface area contributed by atoms with E-state index < -0.39 is 0 Å². The predicted octanol–water partition coefficient (Wildman–Crippen LogP) is 6.44. The van der Waals surface area contributed by atoms with Crippen LogP contribution in [-0.2, 0) is 6.54 Å². The standard InChI is InChI=1S/C27H30N2O3S/c1-15(2)25-22(27-28-20-7-5-6-8-21(20)33-27)24(31)19-13-18(23(30)17(4)26(19)32-25)14-29-11-9-16(3)10-12-29/h5-8,13,15-16,30H,9-12,14H2,1-4H3. The third kappa shape index (κ3) is 3.96. The number of rotatable bonds is 4. The van der Waals surface area contributed by atoms with Crippen LogP contribution in [0.2, 0.25) is 0 Å². The molecule has 5 rings (SSSR count). The number of thiazole rings is 1. The number of hydrogen-bond acceptors (Lipinski definition) is 6. The van der Waals surface area contributed by atoms with Crippen molar-refractivity contribution in [3.8, 4) is 16.3 Å². The minimum Gasteiger partial charge on any atom is -0.507 e. The Morgan fingerprint density at radius 1 is 1.24 bits per heavy atom. The molecule has 0 unspecified atom stereocenters. The topological polar surface area (TPSA) is 66.6 Å². The maximum absolute atomic E-state index is 13.9. The van der Waals surface area contributed by atoms with Crippen molar-refractivity contribution in [1.29, 1.82) is 0 Å². The first kappa shape index (κ1) is 22.1. The summed E-state index contributed by atoms with van der Waals surface area (Å²) in [6.07, 6.45) is 2.32. The Balaban J connectivity index is 1.69. The Hall–Kier alpha value is -2.70. The molecule has 0 aliphatic carbocycles. The van der Waals surface area contributed by atoms with Gasteiger partial charge in [-0.15, -0.1) is 11.3 Å². The fourth-order valence-corrected chi connectivity index (χ4v) is 5.75. The molecule has 1 N–H and O–H groups in total. The largest absolute Gasteiger partial charge is 0.507 e. The van der Waals surface area contributed by atoms with Gasteiger partial charge in [0.05, 0.1) is 21.2 Å². The summed E-state index contributed by atoms with van der Waals surface area (Å²) in [4.78, 5) is 21.0. The van der Waals surface area contributed by atoms with Gasteiger partial charge >= 0.3 is 0 Å². The fourth-order valence-electron chi connectivity index (χ4n) is 4.74. The van der Waals surface area contributed by atoms with Gasteiger partial charge in [-0.1, -0.05) is 32.9 Å². The number of likely N-dealkylation sites (tertiary alicyclic amines) is 1. The van der Waals surface area contributed by atoms with Gasteiger partial charge in [-0.05, 0) is 57.0 Å². The highest BCUT2D eigenvalue weighted by Crippen LogP contribution is 2.38. The van der Waals surface area contributed by atoms with Crippen LogP contribution in [0.15, 0.2) is 39.5 Å². The zero-order chi connectivity index (χ0) is 23.3. The molecule has 1 saturated heterocycles. The molecule has 0 bridgehead atoms. The van der Waals surface area contributed by atoms with Crippen molar-refractivity contribution >= 4 is 32.5 Å². The Bertz CT molecular complexity index is 1360. The van der Waals surface area contributed by atoms with Crippen molar-refractivity contribution < 1.29 is 9.52 Å². The number of benzene rings is 2. The lowest BCUT2D eigenvalue weighted by Crippen LogP contribution is -2.32. The number of phenolic OH excluding ortho intramolecular Hbond substituents is 1. The van der Waals surface area contributed by atoms with E-state index in [4.69, 9.17) is 9.40 Å². The van der Waals surface area contributed by atoms with E-state index >= 15 is 0 Å². The highest BCUT2D eigenvalue weighted by molar-refractivity contribution is 7.21. The number of para-hydroxylation sites is 1. The van der Waals surface area contributed by atoms with Gasteiger partial charge < -0.3 is 9.52 Å². The first-order chi connectivity index (χ1) is 15.8. The van der Waals surface area contributed by atoms with Crippen molar-refractivity contribution in [2.75, 3.05) is 13.1 Å². The van der Waals surface area contributed by atoms with Gasteiger partial charge in [0.25, 0.3) is 0 Å². The molecule has 6 heteroatoms. The molecule has 2 aromatic heterocycles. The fraction of sp³-hybridized carbons (Fsp3) is 0.407. The lowest BCUT2D eigenvalue weighted by atomic mass is 9.97. The number of fused-ring (bicyclic) bond motifs is 2. The molecule has 0 saturated carbocycles. The van der Waals surface area contributed by atoms with Crippen LogP contribution in [0.1, 0.15) is 56.4 Å². The lowest BCUT2D eigenvalue weighted by Gasteiger charge is -2.30. The van der Waals surface area contributed by atoms with Crippen LogP contribution in [-0.4, -0.2) is 28.1 Å². The van der Waals surface area contributed by atoms with Crippen molar-refractivity contribution in [2.24, 2.45) is 5.92 Å². The molecular weight excluding hydrogens is 432 g/mol. The Labute approximate surface area is 197 Å². The van der Waals surface area contributed by atoms with E-state index in [0.29, 0.717) is 39.4 Å². The van der Waals surface area contributed by atoms with Gasteiger partial charge in [0, 0.05) is 23.6 Å². The molecule has 4 aromatic rings. The summed E-state index contributed by atoms with van der Waals surface area (Å²) in [5.74, 6) is 1.59. The number of hydrogen-bond donors (Lipinski definition) is 1. The summed E-state index contributed by atoms with van der Waals surface area (Å²) in [5, 5.41) is 12.2. The maximum Gasteiger partial charge on any atom is 0.203 e. The van der Waals surface area contributed by atoms with Gasteiger partial charge in [0.2, 0.25) is 5.43 Å². The van der Waals surface area contributed by atoms with Crippen molar-refractivity contribution in [3.63, 3.8) is 0 Å². The lowest BCUT2D eigenvalue weighted by molar-refractivity contribution is 0.183. The molecule has 5 nitrogen and oxygen atoms in total. The molecule has 33 heavy (non-hydrogen) atoms. The van der Waals surface area contributed by atoms with Crippen LogP contribution in [0, 0.1) is 12.8 Å². The van der Waals surface area contributed by atoms with Crippen LogP contribution in [0.3, 0.4) is 0 Å². The summed E-state index contributed by atoms with van der Waals surface area (Å²) in [5.41, 5.74) is 3.24. The van der Waals surface area contributed by atoms with Crippen molar-refractivity contribution in [3.05, 3.63) is 57.4 Å². The van der Waals surface area contributed by atoms with Crippen LogP contribution in [0.4, 0.5) is 0 Å². The molecule has 0 amide bonds. The molecule has 0 radical (unpaired) electrons. The third-order valence-electron chi connectivity index (χ3n) is 6.80. The van der Waals surface area contributed by atoms with Crippen molar-refractivity contribution in [2.45, 2.75) is 53.0 Å². The van der Waals surface area contributed by atoms with Crippen LogP contribution in [0.5, 0.6) is 5.75 Å². The summed E-state index contributed by atoms with van der Waals surface area (Å²) in [6, 6.07) is 9.76. The highest BCUT2D eigenvalue weighted by Gasteiger charge is 2.25. The molecule has 172 valence electrons. The second-order valence-electron chi connectivity index (χ2n) is 9.66. The Kier molecular flexibility index (Phi) is 5.75. The highest BCUT2D eigenvalue weighted by atomic mass is 32.1. The van der Waals surface area contributed by atoms with Gasteiger partial charge in [-0.3, -0.25) is 9.69 Å². The zero-order valence-corrected chi connectivity index (χ0v) is 20.5. The zero-order valence-electron chi connectivity index (χ0n) is 19.6. The summed E-state index contributed by atoms with van der Waals surface area (Å²) in [6.45, 7) is 10.8. The van der Waals surface area contributed by atoms with E-state index in [9.17, 15) is 9.90 Å². The van der Waals surface area contributed by atoms with Crippen molar-refractivity contribution in [1.82, 2.24) is 9.88 Å². The second-order valence-corrected chi connectivity index (χ2v) is 10.7. The van der Waals surface area contributed by atoms with E-state index in [1.807, 2.05) is 51.1 Å². The van der Waals surface area contributed by atoms with Crippen LogP contribution in [0.25, 0.3) is 31.8 Å². The van der Waals surface area contributed by atoms with Gasteiger partial charge in [-0.25, -0.2) is 4.98 Å². The Morgan fingerprint density at radius 2 is 1.97 bits per heavy atom. The number of aromatic hydroxyl groups is 1. The quantitative estimate of drug-likeness (QED) is 0.378. The van der Waals surface area contributed by atoms with E-state index in [1.54, 1.807) is 0 Å². The molecule has 0 spiro atoms. The number of nitrogens with zero attached hydrogens (tertiary/aromatic N) is 2. The normalized spacial score (nSPS) is 15.8. The smallest absolute Gasteiger partial charge is 0.203 e. The number of aromatic nitrogens is 1. The first-order valence-corrected chi connectivity index (χ1v) is 12.6. The summed E-state index contributed by atoms with van der Waals surface area (Å²) >= 11 is 1.52. The molecule has 1 aliphatic heterocycles. The average Bonchev–Trinajstić information content (AvgIpc) is 3.22. The maximum atomic E-state index is 13.9. The first-order valence-electron chi connectivity index (χ1n) is 11.7. The second kappa shape index (κ2) is 8.58. The minimum atomic E-state index is -0.0735. The average molecular weight is 463 g/mol. The molecule has 1 aliphatic rings. The van der Waals surface area contributed by atoms with E-state index in [1.165, 1.54) is 11.3 Å². The molecule has 1 fully saturated rings. The summed E-state index contributed by atoms with van der Waals surface area (Å²) in [7, 11) is 0. The van der Waals surface area contributed by atoms with Crippen LogP contribution >= 0.6 is 11.3 Å². The van der Waals surface area contributed by atoms with Crippen LogP contribution < -0.4 is 5.43 Å². The van der Waals surface area contributed by atoms with E-state index in [-0.39, 0.29) is 17.1 Å². The summed E-state index contributed by atoms with van der Waals surface area (Å²) < 4.78 is 7.39. The minimum absolute atomic E-state index is 0.000621. The molecule has 2 aromatic carbocycles. The van der Waals surface area contributed by atoms with Gasteiger partial charge in [-0.2, -0.15) is 0 Å². The molecular formula is C27H30N2O3S. The van der Waals surface area contributed by atoms with E-state index in [2.05, 4.69) is 11.8 Å². The predicted molar refractivity (Wildman–Crippen MR) is 135 cm³/mol. The molecule has 0 atom stereocenters. The SMILES string of the molecule is Cc1c(O)c(CN2CCC(C)CC2)cc2c(=O)c(-c3nc4ccccc4s3)c(C(C)C)oc12. The molecule has 3 heterocycles. The Morgan fingerprint density at radius 3 is 2.67 bits per heavy atom. The van der Waals surface area contributed by atoms with E-state index in [0.717, 1.165) is 47.6 Å².